The van der Waals surface area contributed by atoms with Crippen LogP contribution in [-0.4, -0.2) is 19.7 Å². The van der Waals surface area contributed by atoms with E-state index in [1.165, 1.54) is 6.07 Å². The maximum atomic E-state index is 13.2. The maximum Gasteiger partial charge on any atom is 0.229 e. The third-order valence-electron chi connectivity index (χ3n) is 2.82. The zero-order valence-corrected chi connectivity index (χ0v) is 12.5. The highest BCUT2D eigenvalue weighted by Crippen LogP contribution is 2.26. The van der Waals surface area contributed by atoms with Crippen LogP contribution in [0.1, 0.15) is 18.5 Å². The molecule has 2 aromatic rings. The van der Waals surface area contributed by atoms with E-state index in [-0.39, 0.29) is 6.04 Å². The first kappa shape index (κ1) is 15.2. The van der Waals surface area contributed by atoms with Crippen LogP contribution in [-0.2, 0) is 10.0 Å². The molecule has 1 heterocycles. The van der Waals surface area contributed by atoms with Crippen LogP contribution in [0.2, 0.25) is 0 Å². The summed E-state index contributed by atoms with van der Waals surface area (Å²) in [5.74, 6) is -0.413. The van der Waals surface area contributed by atoms with Gasteiger partial charge in [-0.05, 0) is 30.7 Å². The average molecular weight is 309 g/mol. The number of nitrogens with one attached hydrogen (secondary N) is 2. The highest BCUT2D eigenvalue weighted by Gasteiger charge is 2.11. The summed E-state index contributed by atoms with van der Waals surface area (Å²) in [5, 5.41) is 3.14. The second kappa shape index (κ2) is 6.09. The van der Waals surface area contributed by atoms with Gasteiger partial charge in [0.15, 0.2) is 0 Å². The van der Waals surface area contributed by atoms with Crippen LogP contribution in [0.4, 0.5) is 15.8 Å². The van der Waals surface area contributed by atoms with Crippen LogP contribution >= 0.6 is 0 Å². The highest BCUT2D eigenvalue weighted by atomic mass is 32.2. The minimum Gasteiger partial charge on any atom is -0.377 e. The van der Waals surface area contributed by atoms with E-state index in [1.807, 2.05) is 6.92 Å². The van der Waals surface area contributed by atoms with Crippen LogP contribution in [0.3, 0.4) is 0 Å². The Bertz CT molecular complexity index is 735. The molecule has 0 aliphatic heterocycles. The fourth-order valence-electron chi connectivity index (χ4n) is 1.88. The number of hydrogen-bond acceptors (Lipinski definition) is 4. The second-order valence-corrected chi connectivity index (χ2v) is 6.47. The molecule has 0 aliphatic carbocycles. The number of sulfonamides is 1. The molecule has 0 saturated carbocycles. The fourth-order valence-corrected chi connectivity index (χ4v) is 2.46. The summed E-state index contributed by atoms with van der Waals surface area (Å²) < 4.78 is 38.3. The van der Waals surface area contributed by atoms with Crippen molar-refractivity contribution in [2.24, 2.45) is 0 Å². The third kappa shape index (κ3) is 4.42. The summed E-state index contributed by atoms with van der Waals surface area (Å²) >= 11 is 0. The van der Waals surface area contributed by atoms with Gasteiger partial charge in [0.1, 0.15) is 5.82 Å². The van der Waals surface area contributed by atoms with Crippen molar-refractivity contribution in [1.29, 1.82) is 0 Å². The number of hydrogen-bond donors (Lipinski definition) is 2. The molecule has 21 heavy (non-hydrogen) atoms. The quantitative estimate of drug-likeness (QED) is 0.891. The molecule has 2 N–H and O–H groups in total. The molecule has 112 valence electrons. The second-order valence-electron chi connectivity index (χ2n) is 4.72. The molecule has 0 bridgehead atoms. The minimum atomic E-state index is -3.37. The molecule has 0 amide bonds. The molecule has 1 atom stereocenters. The van der Waals surface area contributed by atoms with E-state index in [9.17, 15) is 12.8 Å². The molecule has 1 aromatic carbocycles. The predicted molar refractivity (Wildman–Crippen MR) is 81.1 cm³/mol. The Morgan fingerprint density at radius 2 is 1.86 bits per heavy atom. The molecule has 7 heteroatoms. The molecule has 0 aliphatic rings. The fraction of sp³-hybridized carbons (Fsp3) is 0.214. The van der Waals surface area contributed by atoms with Gasteiger partial charge in [0.2, 0.25) is 10.0 Å². The van der Waals surface area contributed by atoms with Crippen molar-refractivity contribution in [2.75, 3.05) is 16.3 Å². The minimum absolute atomic E-state index is 0.226. The van der Waals surface area contributed by atoms with Crippen molar-refractivity contribution < 1.29 is 12.8 Å². The van der Waals surface area contributed by atoms with Crippen molar-refractivity contribution in [3.63, 3.8) is 0 Å². The lowest BCUT2D eigenvalue weighted by Gasteiger charge is -2.18. The summed E-state index contributed by atoms with van der Waals surface area (Å²) in [6, 6.07) is 8.07. The number of benzene rings is 1. The zero-order chi connectivity index (χ0) is 15.5. The topological polar surface area (TPSA) is 71.1 Å². The van der Waals surface area contributed by atoms with E-state index in [2.05, 4.69) is 15.0 Å². The molecule has 0 fully saturated rings. The zero-order valence-electron chi connectivity index (χ0n) is 11.7. The smallest absolute Gasteiger partial charge is 0.229 e. The third-order valence-corrected chi connectivity index (χ3v) is 3.41. The first-order chi connectivity index (χ1) is 9.85. The van der Waals surface area contributed by atoms with E-state index < -0.39 is 15.8 Å². The number of rotatable bonds is 5. The summed E-state index contributed by atoms with van der Waals surface area (Å²) in [7, 11) is -3.37. The molecule has 0 spiro atoms. The Morgan fingerprint density at radius 1 is 1.19 bits per heavy atom. The molecular weight excluding hydrogens is 293 g/mol. The van der Waals surface area contributed by atoms with Gasteiger partial charge in [-0.3, -0.25) is 9.71 Å². The normalized spacial score (nSPS) is 12.7. The Morgan fingerprint density at radius 3 is 2.48 bits per heavy atom. The molecule has 0 saturated heterocycles. The van der Waals surface area contributed by atoms with E-state index >= 15 is 0 Å². The van der Waals surface area contributed by atoms with Crippen molar-refractivity contribution in [3.05, 3.63) is 54.1 Å². The van der Waals surface area contributed by atoms with E-state index in [1.54, 1.807) is 30.5 Å². The van der Waals surface area contributed by atoms with E-state index in [0.717, 1.165) is 12.5 Å². The molecule has 0 radical (unpaired) electrons. The number of aromatic nitrogens is 1. The lowest BCUT2D eigenvalue weighted by molar-refractivity contribution is 0.607. The van der Waals surface area contributed by atoms with Gasteiger partial charge in [0.25, 0.3) is 0 Å². The molecule has 5 nitrogen and oxygen atoms in total. The van der Waals surface area contributed by atoms with Gasteiger partial charge in [0.05, 0.1) is 29.9 Å². The number of pyridine rings is 1. The van der Waals surface area contributed by atoms with Crippen molar-refractivity contribution in [1.82, 2.24) is 4.98 Å². The van der Waals surface area contributed by atoms with Crippen molar-refractivity contribution in [3.8, 4) is 0 Å². The van der Waals surface area contributed by atoms with Crippen molar-refractivity contribution in [2.45, 2.75) is 13.0 Å². The standard InChI is InChI=1S/C14H16FN3O2S/c1-10(11-7-12(15)9-16-8-11)17-13-5-3-4-6-14(13)18-21(2,19)20/h3-10,17-18H,1-2H3. The van der Waals surface area contributed by atoms with Gasteiger partial charge >= 0.3 is 0 Å². The van der Waals surface area contributed by atoms with Crippen LogP contribution < -0.4 is 10.0 Å². The number of halogens is 1. The number of nitrogens with zero attached hydrogens (tertiary/aromatic N) is 1. The van der Waals surface area contributed by atoms with Crippen LogP contribution in [0.15, 0.2) is 42.7 Å². The first-order valence-corrected chi connectivity index (χ1v) is 8.18. The van der Waals surface area contributed by atoms with Gasteiger partial charge in [-0.25, -0.2) is 12.8 Å². The van der Waals surface area contributed by atoms with Crippen LogP contribution in [0.25, 0.3) is 0 Å². The summed E-state index contributed by atoms with van der Waals surface area (Å²) in [5.41, 5.74) is 1.72. The Hall–Kier alpha value is -2.15. The monoisotopic (exact) mass is 309 g/mol. The number of para-hydroxylation sites is 2. The van der Waals surface area contributed by atoms with Gasteiger partial charge in [0, 0.05) is 6.20 Å². The van der Waals surface area contributed by atoms with Gasteiger partial charge < -0.3 is 5.32 Å². The van der Waals surface area contributed by atoms with Crippen LogP contribution in [0.5, 0.6) is 0 Å². The van der Waals surface area contributed by atoms with Crippen molar-refractivity contribution >= 4 is 21.4 Å². The lowest BCUT2D eigenvalue weighted by Crippen LogP contribution is -2.13. The highest BCUT2D eigenvalue weighted by molar-refractivity contribution is 7.92. The van der Waals surface area contributed by atoms with Gasteiger partial charge in [-0.2, -0.15) is 0 Å². The average Bonchev–Trinajstić information content (AvgIpc) is 2.39. The van der Waals surface area contributed by atoms with Gasteiger partial charge in [-0.1, -0.05) is 12.1 Å². The van der Waals surface area contributed by atoms with Gasteiger partial charge in [-0.15, -0.1) is 0 Å². The Labute approximate surface area is 123 Å². The van der Waals surface area contributed by atoms with Crippen LogP contribution in [0, 0.1) is 5.82 Å². The summed E-state index contributed by atoms with van der Waals surface area (Å²) in [6.45, 7) is 1.84. The Balaban J connectivity index is 2.23. The first-order valence-electron chi connectivity index (χ1n) is 6.29. The summed E-state index contributed by atoms with van der Waals surface area (Å²) in [4.78, 5) is 3.80. The maximum absolute atomic E-state index is 13.2. The number of anilines is 2. The molecule has 1 unspecified atom stereocenters. The largest absolute Gasteiger partial charge is 0.377 e. The predicted octanol–water partition coefficient (Wildman–Crippen LogP) is 2.77. The Kier molecular flexibility index (Phi) is 4.42. The molecular formula is C14H16FN3O2S. The lowest BCUT2D eigenvalue weighted by atomic mass is 10.1. The van der Waals surface area contributed by atoms with E-state index in [4.69, 9.17) is 0 Å². The SMILES string of the molecule is CC(Nc1ccccc1NS(C)(=O)=O)c1cncc(F)c1. The molecule has 1 aromatic heterocycles. The van der Waals surface area contributed by atoms with E-state index in [0.29, 0.717) is 16.9 Å². The molecule has 2 rings (SSSR count). The summed E-state index contributed by atoms with van der Waals surface area (Å²) in [6.07, 6.45) is 3.78.